The lowest BCUT2D eigenvalue weighted by Gasteiger charge is -2.14. The first-order chi connectivity index (χ1) is 8.97. The van der Waals surface area contributed by atoms with Gasteiger partial charge < -0.3 is 5.73 Å². The van der Waals surface area contributed by atoms with Crippen LogP contribution in [0.1, 0.15) is 17.2 Å². The largest absolute Gasteiger partial charge is 0.324 e. The summed E-state index contributed by atoms with van der Waals surface area (Å²) in [5, 5.41) is 1.26. The van der Waals surface area contributed by atoms with Crippen molar-refractivity contribution in [3.8, 4) is 0 Å². The molecule has 0 heterocycles. The number of nitrogens with two attached hydrogens (primary N) is 1. The topological polar surface area (TPSA) is 26.0 Å². The molecule has 19 heavy (non-hydrogen) atoms. The molecule has 5 heteroatoms. The van der Waals surface area contributed by atoms with Crippen LogP contribution in [0.15, 0.2) is 36.4 Å². The summed E-state index contributed by atoms with van der Waals surface area (Å²) < 4.78 is 13.4. The lowest BCUT2D eigenvalue weighted by Crippen LogP contribution is -2.13. The Bertz CT molecular complexity index is 601. The highest BCUT2D eigenvalue weighted by Crippen LogP contribution is 2.26. The monoisotopic (exact) mass is 317 g/mol. The van der Waals surface area contributed by atoms with Crippen LogP contribution in [-0.2, 0) is 6.42 Å². The molecule has 0 fully saturated rings. The second-order valence-electron chi connectivity index (χ2n) is 4.22. The zero-order chi connectivity index (χ0) is 14.0. The van der Waals surface area contributed by atoms with Crippen molar-refractivity contribution in [2.45, 2.75) is 12.5 Å². The standard InChI is InChI=1S/C14H11Cl3FN/c15-10-2-4-11(16)9(5-10)7-14(19)8-1-3-12(17)13(18)6-8/h1-6,14H,7,19H2. The molecule has 0 bridgehead atoms. The van der Waals surface area contributed by atoms with E-state index in [1.54, 1.807) is 24.3 Å². The minimum atomic E-state index is -0.480. The number of benzene rings is 2. The van der Waals surface area contributed by atoms with E-state index in [1.165, 1.54) is 12.1 Å². The Hall–Kier alpha value is -0.800. The van der Waals surface area contributed by atoms with E-state index in [1.807, 2.05) is 0 Å². The second kappa shape index (κ2) is 6.10. The smallest absolute Gasteiger partial charge is 0.142 e. The first-order valence-electron chi connectivity index (χ1n) is 5.62. The highest BCUT2D eigenvalue weighted by atomic mass is 35.5. The number of hydrogen-bond acceptors (Lipinski definition) is 1. The highest BCUT2D eigenvalue weighted by Gasteiger charge is 2.12. The van der Waals surface area contributed by atoms with Gasteiger partial charge in [0.2, 0.25) is 0 Å². The molecule has 2 aromatic rings. The van der Waals surface area contributed by atoms with Gasteiger partial charge in [0.05, 0.1) is 5.02 Å². The lowest BCUT2D eigenvalue weighted by molar-refractivity contribution is 0.619. The van der Waals surface area contributed by atoms with E-state index in [-0.39, 0.29) is 11.1 Å². The Morgan fingerprint density at radius 2 is 1.68 bits per heavy atom. The van der Waals surface area contributed by atoms with Crippen molar-refractivity contribution in [1.29, 1.82) is 0 Å². The van der Waals surface area contributed by atoms with E-state index in [9.17, 15) is 4.39 Å². The molecule has 0 saturated heterocycles. The molecule has 1 atom stereocenters. The third-order valence-electron chi connectivity index (χ3n) is 2.82. The molecule has 1 nitrogen and oxygen atoms in total. The van der Waals surface area contributed by atoms with Crippen molar-refractivity contribution < 1.29 is 4.39 Å². The zero-order valence-electron chi connectivity index (χ0n) is 9.84. The number of halogens is 4. The van der Waals surface area contributed by atoms with Crippen LogP contribution >= 0.6 is 34.8 Å². The van der Waals surface area contributed by atoms with Gasteiger partial charge in [-0.05, 0) is 47.9 Å². The molecule has 0 saturated carbocycles. The molecule has 1 unspecified atom stereocenters. The van der Waals surface area contributed by atoms with Crippen LogP contribution in [0, 0.1) is 5.82 Å². The lowest BCUT2D eigenvalue weighted by atomic mass is 9.99. The van der Waals surface area contributed by atoms with Crippen molar-refractivity contribution in [3.05, 3.63) is 68.4 Å². The molecular weight excluding hydrogens is 308 g/mol. The summed E-state index contributed by atoms with van der Waals surface area (Å²) in [6, 6.07) is 9.35. The molecule has 0 aliphatic rings. The molecule has 2 aromatic carbocycles. The second-order valence-corrected chi connectivity index (χ2v) is 5.47. The normalized spacial score (nSPS) is 12.5. The Kier molecular flexibility index (Phi) is 4.69. The van der Waals surface area contributed by atoms with Gasteiger partial charge >= 0.3 is 0 Å². The fourth-order valence-corrected chi connectivity index (χ4v) is 2.30. The predicted molar refractivity (Wildman–Crippen MR) is 78.5 cm³/mol. The van der Waals surface area contributed by atoms with Crippen molar-refractivity contribution in [2.75, 3.05) is 0 Å². The molecule has 100 valence electrons. The van der Waals surface area contributed by atoms with Gasteiger partial charge in [0.1, 0.15) is 5.82 Å². The Labute approximate surface area is 126 Å². The first-order valence-corrected chi connectivity index (χ1v) is 6.75. The van der Waals surface area contributed by atoms with Crippen LogP contribution in [0.25, 0.3) is 0 Å². The van der Waals surface area contributed by atoms with E-state index in [0.29, 0.717) is 22.0 Å². The van der Waals surface area contributed by atoms with Crippen LogP contribution in [0.4, 0.5) is 4.39 Å². The summed E-state index contributed by atoms with van der Waals surface area (Å²) in [7, 11) is 0. The van der Waals surface area contributed by atoms with Crippen LogP contribution < -0.4 is 5.73 Å². The summed E-state index contributed by atoms with van der Waals surface area (Å²) >= 11 is 17.6. The molecule has 0 amide bonds. The van der Waals surface area contributed by atoms with Crippen molar-refractivity contribution in [1.82, 2.24) is 0 Å². The molecule has 0 spiro atoms. The SMILES string of the molecule is NC(Cc1cc(Cl)ccc1Cl)c1ccc(Cl)c(F)c1. The summed E-state index contributed by atoms with van der Waals surface area (Å²) in [5.41, 5.74) is 7.55. The number of rotatable bonds is 3. The summed E-state index contributed by atoms with van der Waals surface area (Å²) in [4.78, 5) is 0. The van der Waals surface area contributed by atoms with Crippen molar-refractivity contribution in [3.63, 3.8) is 0 Å². The van der Waals surface area contributed by atoms with E-state index in [4.69, 9.17) is 40.5 Å². The van der Waals surface area contributed by atoms with Gasteiger partial charge in [0.15, 0.2) is 0 Å². The fourth-order valence-electron chi connectivity index (χ4n) is 1.80. The van der Waals surface area contributed by atoms with E-state index in [2.05, 4.69) is 0 Å². The average Bonchev–Trinajstić information content (AvgIpc) is 2.37. The summed E-state index contributed by atoms with van der Waals surface area (Å²) in [6.45, 7) is 0. The Morgan fingerprint density at radius 1 is 1.00 bits per heavy atom. The summed E-state index contributed by atoms with van der Waals surface area (Å²) in [6.07, 6.45) is 0.473. The molecule has 2 N–H and O–H groups in total. The minimum absolute atomic E-state index is 0.0803. The van der Waals surface area contributed by atoms with Gasteiger partial charge in [0, 0.05) is 16.1 Å². The maximum Gasteiger partial charge on any atom is 0.142 e. The van der Waals surface area contributed by atoms with Crippen molar-refractivity contribution in [2.24, 2.45) is 5.73 Å². The zero-order valence-corrected chi connectivity index (χ0v) is 12.1. The quantitative estimate of drug-likeness (QED) is 0.844. The molecule has 0 radical (unpaired) electrons. The van der Waals surface area contributed by atoms with E-state index in [0.717, 1.165) is 5.56 Å². The van der Waals surface area contributed by atoms with Gasteiger partial charge in [-0.3, -0.25) is 0 Å². The maximum atomic E-state index is 13.4. The van der Waals surface area contributed by atoms with E-state index < -0.39 is 5.82 Å². The average molecular weight is 319 g/mol. The Balaban J connectivity index is 2.22. The van der Waals surface area contributed by atoms with Gasteiger partial charge in [-0.2, -0.15) is 0 Å². The van der Waals surface area contributed by atoms with Crippen LogP contribution in [-0.4, -0.2) is 0 Å². The van der Waals surface area contributed by atoms with Gasteiger partial charge in [-0.15, -0.1) is 0 Å². The highest BCUT2D eigenvalue weighted by molar-refractivity contribution is 6.33. The van der Waals surface area contributed by atoms with Crippen LogP contribution in [0.3, 0.4) is 0 Å². The molecule has 0 aliphatic carbocycles. The first kappa shape index (κ1) is 14.6. The minimum Gasteiger partial charge on any atom is -0.324 e. The molecule has 0 aliphatic heterocycles. The third kappa shape index (κ3) is 3.61. The molecule has 0 aromatic heterocycles. The fraction of sp³-hybridized carbons (Fsp3) is 0.143. The van der Waals surface area contributed by atoms with Crippen molar-refractivity contribution >= 4 is 34.8 Å². The molecular formula is C14H11Cl3FN. The number of hydrogen-bond donors (Lipinski definition) is 1. The predicted octanol–water partition coefficient (Wildman–Crippen LogP) is 5.03. The van der Waals surface area contributed by atoms with Gasteiger partial charge in [-0.25, -0.2) is 4.39 Å². The maximum absolute atomic E-state index is 13.4. The van der Waals surface area contributed by atoms with Gasteiger partial charge in [-0.1, -0.05) is 40.9 Å². The third-order valence-corrected chi connectivity index (χ3v) is 3.73. The van der Waals surface area contributed by atoms with Crippen LogP contribution in [0.2, 0.25) is 15.1 Å². The molecule has 2 rings (SSSR count). The van der Waals surface area contributed by atoms with Crippen LogP contribution in [0.5, 0.6) is 0 Å². The summed E-state index contributed by atoms with van der Waals surface area (Å²) in [5.74, 6) is -0.480. The van der Waals surface area contributed by atoms with Gasteiger partial charge in [0.25, 0.3) is 0 Å². The van der Waals surface area contributed by atoms with E-state index >= 15 is 0 Å². The Morgan fingerprint density at radius 3 is 2.37 bits per heavy atom.